The highest BCUT2D eigenvalue weighted by atomic mass is 32.2. The number of nitrogen functional groups attached to an aromatic ring is 1. The van der Waals surface area contributed by atoms with E-state index in [0.717, 1.165) is 4.90 Å². The van der Waals surface area contributed by atoms with Crippen molar-refractivity contribution >= 4 is 23.4 Å². The van der Waals surface area contributed by atoms with Gasteiger partial charge in [0.2, 0.25) is 0 Å². The number of hydrogen-bond acceptors (Lipinski definition) is 5. The summed E-state index contributed by atoms with van der Waals surface area (Å²) in [6.07, 6.45) is 3.67. The van der Waals surface area contributed by atoms with E-state index in [1.165, 1.54) is 7.11 Å². The van der Waals surface area contributed by atoms with E-state index in [9.17, 15) is 4.79 Å². The summed E-state index contributed by atoms with van der Waals surface area (Å²) >= 11 is 1.55. The van der Waals surface area contributed by atoms with Crippen molar-refractivity contribution < 1.29 is 9.53 Å². The van der Waals surface area contributed by atoms with Crippen LogP contribution in [-0.4, -0.2) is 23.3 Å². The third kappa shape index (κ3) is 3.79. The maximum absolute atomic E-state index is 11.0. The van der Waals surface area contributed by atoms with Gasteiger partial charge in [-0.25, -0.2) is 0 Å². The Labute approximate surface area is 93.2 Å². The molecule has 0 aromatic carbocycles. The van der Waals surface area contributed by atoms with Gasteiger partial charge in [0.15, 0.2) is 0 Å². The van der Waals surface area contributed by atoms with E-state index in [1.807, 2.05) is 13.0 Å². The van der Waals surface area contributed by atoms with Gasteiger partial charge in [-0.15, -0.1) is 11.8 Å². The Morgan fingerprint density at radius 1 is 1.73 bits per heavy atom. The molecule has 1 aromatic heterocycles. The molecular formula is C10H14N2O2S. The zero-order valence-corrected chi connectivity index (χ0v) is 9.58. The molecule has 0 bridgehead atoms. The highest BCUT2D eigenvalue weighted by Gasteiger charge is 2.11. The first-order valence-electron chi connectivity index (χ1n) is 4.56. The molecule has 0 saturated heterocycles. The van der Waals surface area contributed by atoms with E-state index in [-0.39, 0.29) is 11.2 Å². The number of hydrogen-bond donors (Lipinski definition) is 1. The summed E-state index contributed by atoms with van der Waals surface area (Å²) < 4.78 is 4.59. The minimum atomic E-state index is -0.206. The second kappa shape index (κ2) is 5.60. The number of nitrogens with zero attached hydrogens (tertiary/aromatic N) is 1. The van der Waals surface area contributed by atoms with Crippen LogP contribution in [0.3, 0.4) is 0 Å². The molecule has 1 unspecified atom stereocenters. The molecule has 0 aliphatic heterocycles. The summed E-state index contributed by atoms with van der Waals surface area (Å²) in [6.45, 7) is 1.96. The van der Waals surface area contributed by atoms with Crippen LogP contribution in [0.25, 0.3) is 0 Å². The number of carbonyl (C=O) groups is 1. The van der Waals surface area contributed by atoms with Crippen LogP contribution >= 0.6 is 11.8 Å². The van der Waals surface area contributed by atoms with Gasteiger partial charge in [0, 0.05) is 16.3 Å². The second-order valence-corrected chi connectivity index (χ2v) is 4.60. The number of esters is 1. The average molecular weight is 226 g/mol. The maximum atomic E-state index is 11.0. The van der Waals surface area contributed by atoms with Gasteiger partial charge in [0.1, 0.15) is 0 Å². The summed E-state index contributed by atoms with van der Waals surface area (Å²) in [7, 11) is 1.39. The minimum Gasteiger partial charge on any atom is -0.469 e. The van der Waals surface area contributed by atoms with Gasteiger partial charge in [0.25, 0.3) is 0 Å². The number of methoxy groups -OCH3 is 1. The van der Waals surface area contributed by atoms with Gasteiger partial charge in [-0.2, -0.15) is 0 Å². The van der Waals surface area contributed by atoms with E-state index in [1.54, 1.807) is 24.2 Å². The molecule has 0 saturated carbocycles. The largest absolute Gasteiger partial charge is 0.469 e. The Balaban J connectivity index is 2.55. The minimum absolute atomic E-state index is 0.141. The average Bonchev–Trinajstić information content (AvgIpc) is 2.21. The lowest BCUT2D eigenvalue weighted by Crippen LogP contribution is -2.08. The molecule has 1 aromatic rings. The van der Waals surface area contributed by atoms with Crippen molar-refractivity contribution in [2.45, 2.75) is 23.5 Å². The molecule has 1 rings (SSSR count). The van der Waals surface area contributed by atoms with Crippen LogP contribution in [0.5, 0.6) is 0 Å². The maximum Gasteiger partial charge on any atom is 0.306 e. The van der Waals surface area contributed by atoms with Crippen molar-refractivity contribution in [2.24, 2.45) is 0 Å². The topological polar surface area (TPSA) is 65.2 Å². The summed E-state index contributed by atoms with van der Waals surface area (Å²) in [5.74, 6) is -0.206. The predicted molar refractivity (Wildman–Crippen MR) is 60.6 cm³/mol. The van der Waals surface area contributed by atoms with Gasteiger partial charge in [-0.05, 0) is 6.07 Å². The van der Waals surface area contributed by atoms with Crippen LogP contribution in [0.4, 0.5) is 5.69 Å². The summed E-state index contributed by atoms with van der Waals surface area (Å²) in [6, 6.07) is 1.84. The Bertz CT molecular complexity index is 344. The number of carbonyl (C=O) groups excluding carboxylic acids is 1. The van der Waals surface area contributed by atoms with Gasteiger partial charge in [-0.3, -0.25) is 9.78 Å². The number of pyridine rings is 1. The van der Waals surface area contributed by atoms with Gasteiger partial charge < -0.3 is 10.5 Å². The van der Waals surface area contributed by atoms with Gasteiger partial charge in [0.05, 0.1) is 25.4 Å². The van der Waals surface area contributed by atoms with E-state index in [0.29, 0.717) is 12.1 Å². The molecular weight excluding hydrogens is 212 g/mol. The van der Waals surface area contributed by atoms with Crippen molar-refractivity contribution in [3.8, 4) is 0 Å². The molecule has 0 aliphatic carbocycles. The first kappa shape index (κ1) is 11.8. The highest BCUT2D eigenvalue weighted by molar-refractivity contribution is 8.00. The van der Waals surface area contributed by atoms with E-state index < -0.39 is 0 Å². The Kier molecular flexibility index (Phi) is 4.42. The molecule has 0 fully saturated rings. The van der Waals surface area contributed by atoms with Crippen molar-refractivity contribution in [3.05, 3.63) is 18.5 Å². The summed E-state index contributed by atoms with van der Waals surface area (Å²) in [4.78, 5) is 15.9. The Morgan fingerprint density at radius 2 is 2.47 bits per heavy atom. The standard InChI is InChI=1S/C10H14N2O2S/c1-7(5-10(13)14-2)15-9-3-4-12-6-8(9)11/h3-4,6-7H,5,11H2,1-2H3. The van der Waals surface area contributed by atoms with Crippen LogP contribution in [0.1, 0.15) is 13.3 Å². The number of nitrogens with two attached hydrogens (primary N) is 1. The van der Waals surface area contributed by atoms with Crippen molar-refractivity contribution in [1.29, 1.82) is 0 Å². The molecule has 82 valence electrons. The predicted octanol–water partition coefficient (Wildman–Crippen LogP) is 1.71. The fraction of sp³-hybridized carbons (Fsp3) is 0.400. The van der Waals surface area contributed by atoms with Crippen molar-refractivity contribution in [2.75, 3.05) is 12.8 Å². The highest BCUT2D eigenvalue weighted by Crippen LogP contribution is 2.29. The zero-order valence-electron chi connectivity index (χ0n) is 8.77. The Hall–Kier alpha value is -1.23. The van der Waals surface area contributed by atoms with Crippen molar-refractivity contribution in [3.63, 3.8) is 0 Å². The van der Waals surface area contributed by atoms with Gasteiger partial charge >= 0.3 is 5.97 Å². The molecule has 1 heterocycles. The molecule has 0 radical (unpaired) electrons. The monoisotopic (exact) mass is 226 g/mol. The SMILES string of the molecule is COC(=O)CC(C)Sc1ccncc1N. The number of aromatic nitrogens is 1. The lowest BCUT2D eigenvalue weighted by Gasteiger charge is -2.10. The first-order chi connectivity index (χ1) is 7.13. The number of ether oxygens (including phenoxy) is 1. The summed E-state index contributed by atoms with van der Waals surface area (Å²) in [5.41, 5.74) is 6.37. The van der Waals surface area contributed by atoms with Crippen LogP contribution in [-0.2, 0) is 9.53 Å². The van der Waals surface area contributed by atoms with E-state index in [4.69, 9.17) is 5.73 Å². The molecule has 5 heteroatoms. The first-order valence-corrected chi connectivity index (χ1v) is 5.44. The van der Waals surface area contributed by atoms with E-state index in [2.05, 4.69) is 9.72 Å². The lowest BCUT2D eigenvalue weighted by atomic mass is 10.3. The fourth-order valence-corrected chi connectivity index (χ4v) is 2.06. The molecule has 2 N–H and O–H groups in total. The van der Waals surface area contributed by atoms with Crippen LogP contribution < -0.4 is 5.73 Å². The normalized spacial score (nSPS) is 12.1. The van der Waals surface area contributed by atoms with Crippen LogP contribution in [0, 0.1) is 0 Å². The Morgan fingerprint density at radius 3 is 3.07 bits per heavy atom. The molecule has 0 aliphatic rings. The van der Waals surface area contributed by atoms with Gasteiger partial charge in [-0.1, -0.05) is 6.92 Å². The second-order valence-electron chi connectivity index (χ2n) is 3.12. The van der Waals surface area contributed by atoms with Crippen LogP contribution in [0.2, 0.25) is 0 Å². The van der Waals surface area contributed by atoms with Crippen molar-refractivity contribution in [1.82, 2.24) is 4.98 Å². The molecule has 0 amide bonds. The quantitative estimate of drug-likeness (QED) is 0.625. The molecule has 15 heavy (non-hydrogen) atoms. The third-order valence-corrected chi connectivity index (χ3v) is 3.01. The lowest BCUT2D eigenvalue weighted by molar-refractivity contribution is -0.140. The molecule has 1 atom stereocenters. The molecule has 4 nitrogen and oxygen atoms in total. The number of rotatable bonds is 4. The molecule has 0 spiro atoms. The van der Waals surface area contributed by atoms with E-state index >= 15 is 0 Å². The number of thioether (sulfide) groups is 1. The van der Waals surface area contributed by atoms with Crippen LogP contribution in [0.15, 0.2) is 23.4 Å². The third-order valence-electron chi connectivity index (χ3n) is 1.82. The fourth-order valence-electron chi connectivity index (χ4n) is 1.08. The zero-order chi connectivity index (χ0) is 11.3. The number of anilines is 1. The smallest absolute Gasteiger partial charge is 0.306 e. The summed E-state index contributed by atoms with van der Waals surface area (Å²) in [5, 5.41) is 0.141.